The first-order chi connectivity index (χ1) is 11.2. The molecular formula is C18H31N5O. The van der Waals surface area contributed by atoms with Crippen LogP contribution in [0.2, 0.25) is 0 Å². The molecule has 1 rings (SSSR count). The zero-order valence-electron chi connectivity index (χ0n) is 15.6. The summed E-state index contributed by atoms with van der Waals surface area (Å²) in [5.41, 5.74) is 8.26. The van der Waals surface area contributed by atoms with Crippen molar-refractivity contribution in [2.45, 2.75) is 46.8 Å². The quantitative estimate of drug-likeness (QED) is 0.536. The number of nitrogens with zero attached hydrogens (tertiary/aromatic N) is 3. The topological polar surface area (TPSA) is 77.5 Å². The second-order valence-electron chi connectivity index (χ2n) is 6.95. The number of aliphatic imine (C=N–C) groups is 1. The molecule has 1 aromatic rings. The summed E-state index contributed by atoms with van der Waals surface area (Å²) in [6.45, 7) is 16.8. The Kier molecular flexibility index (Phi) is 7.38. The molecule has 1 atom stereocenters. The van der Waals surface area contributed by atoms with Crippen LogP contribution < -0.4 is 11.1 Å². The van der Waals surface area contributed by atoms with Crippen LogP contribution in [0.1, 0.15) is 58.2 Å². The Bertz CT molecular complexity index is 595. The summed E-state index contributed by atoms with van der Waals surface area (Å²) in [5.74, 6) is 0.327. The van der Waals surface area contributed by atoms with Gasteiger partial charge in [-0.25, -0.2) is 4.68 Å². The SMILES string of the molecule is C=N/C(=C\CCC)c1cc(C(NCC(C)(C)C)OC)nn1C(=C)N. The summed E-state index contributed by atoms with van der Waals surface area (Å²) in [5, 5.41) is 7.91. The molecule has 0 bridgehead atoms. The van der Waals surface area contributed by atoms with Gasteiger partial charge in [-0.15, -0.1) is 0 Å². The molecule has 0 aliphatic heterocycles. The third-order valence-electron chi connectivity index (χ3n) is 3.38. The van der Waals surface area contributed by atoms with Crippen LogP contribution in [-0.2, 0) is 4.74 Å². The molecule has 134 valence electrons. The van der Waals surface area contributed by atoms with Crippen molar-refractivity contribution in [2.24, 2.45) is 16.1 Å². The van der Waals surface area contributed by atoms with Gasteiger partial charge >= 0.3 is 0 Å². The third-order valence-corrected chi connectivity index (χ3v) is 3.38. The van der Waals surface area contributed by atoms with Gasteiger partial charge in [-0.1, -0.05) is 46.8 Å². The Hall–Kier alpha value is -1.92. The van der Waals surface area contributed by atoms with Gasteiger partial charge in [0.2, 0.25) is 0 Å². The van der Waals surface area contributed by atoms with Gasteiger partial charge < -0.3 is 10.5 Å². The highest BCUT2D eigenvalue weighted by Gasteiger charge is 2.21. The van der Waals surface area contributed by atoms with Crippen LogP contribution in [0.25, 0.3) is 11.5 Å². The summed E-state index contributed by atoms with van der Waals surface area (Å²) in [6.07, 6.45) is 3.62. The van der Waals surface area contributed by atoms with Crippen molar-refractivity contribution < 1.29 is 4.74 Å². The number of hydrogen-bond donors (Lipinski definition) is 2. The highest BCUT2D eigenvalue weighted by Crippen LogP contribution is 2.24. The van der Waals surface area contributed by atoms with E-state index in [1.54, 1.807) is 11.8 Å². The van der Waals surface area contributed by atoms with Crippen LogP contribution in [0, 0.1) is 5.41 Å². The van der Waals surface area contributed by atoms with Gasteiger partial charge in [0, 0.05) is 13.7 Å². The zero-order chi connectivity index (χ0) is 18.3. The van der Waals surface area contributed by atoms with E-state index in [1.165, 1.54) is 0 Å². The number of ether oxygens (including phenoxy) is 1. The van der Waals surface area contributed by atoms with E-state index in [2.05, 4.69) is 56.4 Å². The summed E-state index contributed by atoms with van der Waals surface area (Å²) in [6, 6.07) is 1.91. The normalized spacial score (nSPS) is 13.8. The number of nitrogens with two attached hydrogens (primary N) is 1. The molecule has 0 aliphatic carbocycles. The van der Waals surface area contributed by atoms with E-state index in [-0.39, 0.29) is 11.6 Å². The molecule has 0 spiro atoms. The number of methoxy groups -OCH3 is 1. The van der Waals surface area contributed by atoms with Crippen LogP contribution in [0.4, 0.5) is 0 Å². The Balaban J connectivity index is 3.19. The van der Waals surface area contributed by atoms with Gasteiger partial charge in [-0.05, 0) is 24.6 Å². The second kappa shape index (κ2) is 8.80. The van der Waals surface area contributed by atoms with Crippen molar-refractivity contribution in [1.29, 1.82) is 0 Å². The van der Waals surface area contributed by atoms with E-state index < -0.39 is 0 Å². The number of allylic oxidation sites excluding steroid dienone is 1. The average molecular weight is 333 g/mol. The Labute approximate surface area is 145 Å². The van der Waals surface area contributed by atoms with Crippen molar-refractivity contribution in [1.82, 2.24) is 15.1 Å². The summed E-state index contributed by atoms with van der Waals surface area (Å²) < 4.78 is 7.13. The maximum atomic E-state index is 5.89. The first-order valence-electron chi connectivity index (χ1n) is 8.21. The maximum absolute atomic E-state index is 5.89. The molecule has 0 saturated carbocycles. The molecule has 0 aromatic carbocycles. The van der Waals surface area contributed by atoms with Gasteiger partial charge in [0.15, 0.2) is 6.23 Å². The van der Waals surface area contributed by atoms with Crippen LogP contribution in [0.5, 0.6) is 0 Å². The largest absolute Gasteiger partial charge is 0.384 e. The molecule has 0 amide bonds. The average Bonchev–Trinajstić information content (AvgIpc) is 2.93. The number of rotatable bonds is 9. The van der Waals surface area contributed by atoms with E-state index in [0.29, 0.717) is 5.82 Å². The summed E-state index contributed by atoms with van der Waals surface area (Å²) in [4.78, 5) is 4.11. The number of hydrogen-bond acceptors (Lipinski definition) is 5. The minimum absolute atomic E-state index is 0.133. The van der Waals surface area contributed by atoms with E-state index in [0.717, 1.165) is 36.5 Å². The minimum Gasteiger partial charge on any atom is -0.384 e. The highest BCUT2D eigenvalue weighted by atomic mass is 16.5. The molecule has 6 nitrogen and oxygen atoms in total. The number of aromatic nitrogens is 2. The fourth-order valence-electron chi connectivity index (χ4n) is 2.17. The molecular weight excluding hydrogens is 302 g/mol. The summed E-state index contributed by atoms with van der Waals surface area (Å²) >= 11 is 0. The van der Waals surface area contributed by atoms with E-state index in [9.17, 15) is 0 Å². The molecule has 0 aliphatic rings. The predicted octanol–water partition coefficient (Wildman–Crippen LogP) is 3.39. The van der Waals surface area contributed by atoms with Crippen molar-refractivity contribution in [3.63, 3.8) is 0 Å². The fourth-order valence-corrected chi connectivity index (χ4v) is 2.17. The van der Waals surface area contributed by atoms with Gasteiger partial charge in [-0.3, -0.25) is 10.3 Å². The number of unbranched alkanes of at least 4 members (excludes halogenated alkanes) is 1. The molecule has 1 aromatic heterocycles. The molecule has 3 N–H and O–H groups in total. The van der Waals surface area contributed by atoms with Gasteiger partial charge in [-0.2, -0.15) is 5.10 Å². The lowest BCUT2D eigenvalue weighted by atomic mass is 9.97. The third kappa shape index (κ3) is 5.62. The Morgan fingerprint density at radius 2 is 2.21 bits per heavy atom. The Morgan fingerprint density at radius 3 is 2.67 bits per heavy atom. The van der Waals surface area contributed by atoms with Crippen molar-refractivity contribution in [3.05, 3.63) is 30.1 Å². The molecule has 6 heteroatoms. The molecule has 0 saturated heterocycles. The van der Waals surface area contributed by atoms with E-state index >= 15 is 0 Å². The standard InChI is InChI=1S/C18H31N5O/c1-8-9-10-14(20-6)16-11-15(22-23(16)13(2)19)17(24-7)21-12-18(3,4)5/h10-11,17,21H,2,6,8-9,12,19H2,1,3-5,7H3/b14-10-. The monoisotopic (exact) mass is 333 g/mol. The van der Waals surface area contributed by atoms with Crippen molar-refractivity contribution in [2.75, 3.05) is 13.7 Å². The number of nitrogens with one attached hydrogen (secondary N) is 1. The smallest absolute Gasteiger partial charge is 0.152 e. The Morgan fingerprint density at radius 1 is 1.54 bits per heavy atom. The zero-order valence-corrected chi connectivity index (χ0v) is 15.6. The first kappa shape index (κ1) is 20.1. The molecule has 24 heavy (non-hydrogen) atoms. The van der Waals surface area contributed by atoms with E-state index in [1.807, 2.05) is 12.1 Å². The van der Waals surface area contributed by atoms with Gasteiger partial charge in [0.1, 0.15) is 11.5 Å². The van der Waals surface area contributed by atoms with Crippen LogP contribution in [0.3, 0.4) is 0 Å². The lowest BCUT2D eigenvalue weighted by Crippen LogP contribution is -2.31. The lowest BCUT2D eigenvalue weighted by molar-refractivity contribution is 0.0618. The molecule has 0 radical (unpaired) electrons. The minimum atomic E-state index is -0.333. The fraction of sp³-hybridized carbons (Fsp3) is 0.556. The molecule has 1 unspecified atom stereocenters. The van der Waals surface area contributed by atoms with Crippen LogP contribution in [-0.4, -0.2) is 30.2 Å². The predicted molar refractivity (Wildman–Crippen MR) is 101 cm³/mol. The second-order valence-corrected chi connectivity index (χ2v) is 6.95. The van der Waals surface area contributed by atoms with Crippen LogP contribution in [0.15, 0.2) is 23.7 Å². The van der Waals surface area contributed by atoms with Crippen LogP contribution >= 0.6 is 0 Å². The van der Waals surface area contributed by atoms with Crippen molar-refractivity contribution in [3.8, 4) is 0 Å². The molecule has 1 heterocycles. The van der Waals surface area contributed by atoms with E-state index in [4.69, 9.17) is 10.5 Å². The summed E-state index contributed by atoms with van der Waals surface area (Å²) in [7, 11) is 1.65. The van der Waals surface area contributed by atoms with Crippen molar-refractivity contribution >= 4 is 18.2 Å². The van der Waals surface area contributed by atoms with Gasteiger partial charge in [0.25, 0.3) is 0 Å². The lowest BCUT2D eigenvalue weighted by Gasteiger charge is -2.23. The van der Waals surface area contributed by atoms with Gasteiger partial charge in [0.05, 0.1) is 11.4 Å². The highest BCUT2D eigenvalue weighted by molar-refractivity contribution is 5.68. The molecule has 0 fully saturated rings. The maximum Gasteiger partial charge on any atom is 0.152 e. The first-order valence-corrected chi connectivity index (χ1v) is 8.21.